The SMILES string of the molecule is C/C(=C\[C@H](C(C)C)N(C)C(=O)[C@@H](NC(=O)[C@@H](N(C)C(=O)OC(C)(C)C)C(C)(C)c1ccccc1)C(C)(C)C)C(=O)NS(=O)(=O)Cc1ccc(C2(NC(=O)[C@@H](CCCNC(N)=O)NC(=O)[C@H](NC(=O)CCCCCN3C(=O)C=CC3=O)C(C)C)CC2)cc1. The third-order valence-corrected chi connectivity index (χ3v) is 16.7. The smallest absolute Gasteiger partial charge is 0.410 e. The molecule has 4 rings (SSSR count). The molecule has 1 aliphatic carbocycles. The van der Waals surface area contributed by atoms with Gasteiger partial charge in [0.15, 0.2) is 0 Å². The lowest BCUT2D eigenvalue weighted by Crippen LogP contribution is -2.63. The van der Waals surface area contributed by atoms with E-state index in [-0.39, 0.29) is 67.5 Å². The topological polar surface area (TPSA) is 322 Å². The van der Waals surface area contributed by atoms with Gasteiger partial charge in [0.05, 0.1) is 17.3 Å². The molecule has 0 radical (unpaired) electrons. The number of amides is 11. The number of likely N-dealkylation sites (N-methyl/N-ethyl adjacent to an activating group) is 2. The summed E-state index contributed by atoms with van der Waals surface area (Å²) in [5.41, 5.74) is 3.46. The molecular formula is C63H94N10O13S. The molecule has 23 nitrogen and oxygen atoms in total. The van der Waals surface area contributed by atoms with E-state index in [1.807, 2.05) is 58.0 Å². The second kappa shape index (κ2) is 30.3. The molecular weight excluding hydrogens is 1140 g/mol. The highest BCUT2D eigenvalue weighted by Crippen LogP contribution is 2.46. The van der Waals surface area contributed by atoms with Crippen molar-refractivity contribution in [3.8, 4) is 0 Å². The first-order chi connectivity index (χ1) is 40.3. The Labute approximate surface area is 513 Å². The van der Waals surface area contributed by atoms with Crippen LogP contribution < -0.4 is 37.0 Å². The number of nitrogens with one attached hydrogen (secondary N) is 6. The number of nitrogens with zero attached hydrogens (tertiary/aromatic N) is 3. The minimum Gasteiger partial charge on any atom is -0.444 e. The number of urea groups is 1. The van der Waals surface area contributed by atoms with E-state index in [9.17, 15) is 56.4 Å². The first kappa shape index (κ1) is 71.8. The van der Waals surface area contributed by atoms with E-state index in [0.29, 0.717) is 43.2 Å². The number of unbranched alkanes of at least 4 members (excludes halogenated alkanes) is 2. The maximum absolute atomic E-state index is 14.7. The molecule has 2 aromatic carbocycles. The zero-order chi connectivity index (χ0) is 65.6. The number of sulfonamides is 1. The Hall–Kier alpha value is -7.63. The summed E-state index contributed by atoms with van der Waals surface area (Å²) < 4.78 is 35.1. The van der Waals surface area contributed by atoms with Gasteiger partial charge in [-0.2, -0.15) is 0 Å². The average molecular weight is 1230 g/mol. The van der Waals surface area contributed by atoms with Crippen LogP contribution in [0.3, 0.4) is 0 Å². The van der Waals surface area contributed by atoms with E-state index in [0.717, 1.165) is 10.5 Å². The Morgan fingerprint density at radius 2 is 1.34 bits per heavy atom. The van der Waals surface area contributed by atoms with Crippen molar-refractivity contribution in [3.05, 3.63) is 95.1 Å². The van der Waals surface area contributed by atoms with Crippen molar-refractivity contribution in [2.24, 2.45) is 23.0 Å². The molecule has 5 atom stereocenters. The maximum atomic E-state index is 14.7. The Bertz CT molecular complexity index is 2980. The van der Waals surface area contributed by atoms with Crippen LogP contribution in [0.5, 0.6) is 0 Å². The molecule has 0 bridgehead atoms. The number of ether oxygens (including phenoxy) is 1. The summed E-state index contributed by atoms with van der Waals surface area (Å²) in [5, 5.41) is 14.1. The van der Waals surface area contributed by atoms with Crippen LogP contribution in [0, 0.1) is 17.3 Å². The molecule has 1 saturated carbocycles. The van der Waals surface area contributed by atoms with Crippen LogP contribution in [0.15, 0.2) is 78.4 Å². The molecule has 8 N–H and O–H groups in total. The maximum Gasteiger partial charge on any atom is 0.410 e. The van der Waals surface area contributed by atoms with E-state index in [4.69, 9.17) is 10.5 Å². The number of imide groups is 1. The zero-order valence-electron chi connectivity index (χ0n) is 53.4. The number of benzene rings is 2. The first-order valence-corrected chi connectivity index (χ1v) is 31.4. The Balaban J connectivity index is 1.44. The lowest BCUT2D eigenvalue weighted by molar-refractivity contribution is -0.142. The Morgan fingerprint density at radius 3 is 1.87 bits per heavy atom. The van der Waals surface area contributed by atoms with Crippen LogP contribution >= 0.6 is 0 Å². The van der Waals surface area contributed by atoms with Gasteiger partial charge in [-0.1, -0.05) is 129 Å². The molecule has 2 aliphatic rings. The van der Waals surface area contributed by atoms with Crippen LogP contribution in [0.4, 0.5) is 9.59 Å². The molecule has 1 fully saturated rings. The van der Waals surface area contributed by atoms with Gasteiger partial charge < -0.3 is 42.0 Å². The Morgan fingerprint density at radius 1 is 0.747 bits per heavy atom. The predicted octanol–water partition coefficient (Wildman–Crippen LogP) is 5.47. The van der Waals surface area contributed by atoms with Crippen molar-refractivity contribution in [1.29, 1.82) is 0 Å². The summed E-state index contributed by atoms with van der Waals surface area (Å²) in [5.74, 6) is -5.53. The number of hydrogen-bond donors (Lipinski definition) is 7. The first-order valence-electron chi connectivity index (χ1n) is 29.7. The molecule has 11 amide bonds. The van der Waals surface area contributed by atoms with Gasteiger partial charge in [-0.05, 0) is 100 Å². The highest BCUT2D eigenvalue weighted by Gasteiger charge is 2.48. The summed E-state index contributed by atoms with van der Waals surface area (Å²) in [7, 11) is -1.28. The van der Waals surface area contributed by atoms with Gasteiger partial charge in [0.25, 0.3) is 17.7 Å². The van der Waals surface area contributed by atoms with Crippen LogP contribution in [0.1, 0.15) is 158 Å². The lowest BCUT2D eigenvalue weighted by Gasteiger charge is -2.42. The third-order valence-electron chi connectivity index (χ3n) is 15.5. The molecule has 1 heterocycles. The molecule has 87 heavy (non-hydrogen) atoms. The van der Waals surface area contributed by atoms with Gasteiger partial charge in [-0.15, -0.1) is 0 Å². The van der Waals surface area contributed by atoms with E-state index >= 15 is 0 Å². The number of rotatable bonds is 30. The summed E-state index contributed by atoms with van der Waals surface area (Å²) >= 11 is 0. The fourth-order valence-corrected chi connectivity index (χ4v) is 11.4. The van der Waals surface area contributed by atoms with E-state index in [1.165, 1.54) is 42.0 Å². The molecule has 0 aromatic heterocycles. The number of hydrogen-bond acceptors (Lipinski definition) is 13. The predicted molar refractivity (Wildman–Crippen MR) is 330 cm³/mol. The molecule has 2 aromatic rings. The van der Waals surface area contributed by atoms with Crippen molar-refractivity contribution >= 4 is 69.4 Å². The van der Waals surface area contributed by atoms with Crippen molar-refractivity contribution in [2.75, 3.05) is 27.2 Å². The average Bonchev–Trinajstić information content (AvgIpc) is 1.79. The van der Waals surface area contributed by atoms with E-state index in [1.54, 1.807) is 86.7 Å². The molecule has 0 spiro atoms. The second-order valence-electron chi connectivity index (χ2n) is 26.1. The largest absolute Gasteiger partial charge is 0.444 e. The van der Waals surface area contributed by atoms with Crippen molar-refractivity contribution < 1.29 is 61.1 Å². The van der Waals surface area contributed by atoms with Gasteiger partial charge in [-0.25, -0.2) is 22.7 Å². The van der Waals surface area contributed by atoms with Crippen LogP contribution in [-0.2, 0) is 69.8 Å². The summed E-state index contributed by atoms with van der Waals surface area (Å²) in [6.07, 6.45) is 6.20. The molecule has 24 heteroatoms. The minimum atomic E-state index is -4.31. The zero-order valence-corrected chi connectivity index (χ0v) is 54.2. The summed E-state index contributed by atoms with van der Waals surface area (Å²) in [6.45, 7) is 23.2. The normalized spacial score (nSPS) is 16.0. The van der Waals surface area contributed by atoms with Crippen molar-refractivity contribution in [2.45, 2.75) is 194 Å². The van der Waals surface area contributed by atoms with Crippen LogP contribution in [-0.4, -0.2) is 145 Å². The van der Waals surface area contributed by atoms with Gasteiger partial charge in [0, 0.05) is 56.7 Å². The summed E-state index contributed by atoms with van der Waals surface area (Å²) in [4.78, 5) is 137. The third kappa shape index (κ3) is 21.0. The number of nitrogens with two attached hydrogens (primary N) is 1. The van der Waals surface area contributed by atoms with Crippen molar-refractivity contribution in [3.63, 3.8) is 0 Å². The minimum absolute atomic E-state index is 0.0106. The number of carbonyl (C=O) groups is 10. The molecule has 1 aliphatic heterocycles. The fraction of sp³-hybridized carbons (Fsp3) is 0.587. The van der Waals surface area contributed by atoms with Crippen LogP contribution in [0.25, 0.3) is 0 Å². The van der Waals surface area contributed by atoms with Gasteiger partial charge in [0.1, 0.15) is 29.8 Å². The highest BCUT2D eigenvalue weighted by atomic mass is 32.2. The number of carbonyl (C=O) groups excluding carboxylic acids is 10. The summed E-state index contributed by atoms with van der Waals surface area (Å²) in [6, 6.07) is 9.84. The van der Waals surface area contributed by atoms with E-state index < -0.39 is 110 Å². The van der Waals surface area contributed by atoms with Gasteiger partial charge in [-0.3, -0.25) is 48.2 Å². The molecule has 0 saturated heterocycles. The highest BCUT2D eigenvalue weighted by molar-refractivity contribution is 7.89. The molecule has 480 valence electrons. The Kier molecular flexibility index (Phi) is 25.0. The molecule has 0 unspecified atom stereocenters. The van der Waals surface area contributed by atoms with Gasteiger partial charge >= 0.3 is 12.1 Å². The van der Waals surface area contributed by atoms with Gasteiger partial charge in [0.2, 0.25) is 39.6 Å². The second-order valence-corrected chi connectivity index (χ2v) is 27.9. The lowest BCUT2D eigenvalue weighted by atomic mass is 9.76. The quantitative estimate of drug-likeness (QED) is 0.0290. The van der Waals surface area contributed by atoms with Crippen molar-refractivity contribution in [1.82, 2.24) is 46.0 Å². The standard InChI is InChI=1S/C63H94N10O13S/c1-39(2)46(71(14)57(81)51(60(6,7)8)68-56(80)52(72(15)59(83)86-61(9,10)11)62(12,13)43-23-18-16-19-24-43)37-41(5)53(77)70-87(84,85)38-42-27-29-44(30-28-42)63(33-34-63)69-54(78)45(25-22-35-65-58(64)82)66-55(79)50(40(3)4)67-47(74)26-20-17-21-36-73-48(75)31-32-49(73)76/h16,18-19,23-24,27-32,37,39-40,45-46,50-52H,17,20-22,25-26,33-36,38H2,1-15H3,(H,66,79)(H,67,74)(H,68,80)(H,69,78)(H,70,77)(H3,64,65,82)/b41-37+/t45-,46-,50-,51-,52-/m1/s1. The van der Waals surface area contributed by atoms with Crippen LogP contribution in [0.2, 0.25) is 0 Å². The number of primary amides is 1. The monoisotopic (exact) mass is 1230 g/mol. The fourth-order valence-electron chi connectivity index (χ4n) is 10.3. The van der Waals surface area contributed by atoms with E-state index in [2.05, 4.69) is 31.3 Å².